The Morgan fingerprint density at radius 3 is 2.87 bits per heavy atom. The Morgan fingerprint density at radius 1 is 1.30 bits per heavy atom. The zero-order chi connectivity index (χ0) is 16.5. The van der Waals surface area contributed by atoms with Crippen molar-refractivity contribution in [3.63, 3.8) is 0 Å². The molecule has 1 heterocycles. The van der Waals surface area contributed by atoms with E-state index in [9.17, 15) is 4.79 Å². The van der Waals surface area contributed by atoms with Gasteiger partial charge in [0, 0.05) is 17.5 Å². The van der Waals surface area contributed by atoms with Gasteiger partial charge in [0.2, 0.25) is 5.91 Å². The molecule has 0 unspecified atom stereocenters. The predicted molar refractivity (Wildman–Crippen MR) is 94.0 cm³/mol. The fraction of sp³-hybridized carbons (Fsp3) is 0.278. The van der Waals surface area contributed by atoms with Crippen molar-refractivity contribution in [1.29, 1.82) is 0 Å². The van der Waals surface area contributed by atoms with Crippen LogP contribution in [0.2, 0.25) is 0 Å². The van der Waals surface area contributed by atoms with Crippen molar-refractivity contribution < 1.29 is 14.3 Å². The van der Waals surface area contributed by atoms with E-state index >= 15 is 0 Å². The van der Waals surface area contributed by atoms with Crippen LogP contribution in [0.4, 0.5) is 0 Å². The van der Waals surface area contributed by atoms with Gasteiger partial charge >= 0.3 is 0 Å². The van der Waals surface area contributed by atoms with Crippen LogP contribution in [0.25, 0.3) is 6.08 Å². The van der Waals surface area contributed by atoms with E-state index in [2.05, 4.69) is 12.2 Å². The fourth-order valence-electron chi connectivity index (χ4n) is 1.95. The molecule has 0 saturated heterocycles. The number of thiophene rings is 1. The standard InChI is InChI=1S/C18H21NO3S/c1-3-10-22-16-8-6-14(12-17(16)21-2)13-19-18(20)9-7-15-5-4-11-23-15/h4-9,11-12H,3,10,13H2,1-2H3,(H,19,20)/b9-7+. The summed E-state index contributed by atoms with van der Waals surface area (Å²) in [5.74, 6) is 1.28. The molecule has 4 nitrogen and oxygen atoms in total. The van der Waals surface area contributed by atoms with Gasteiger partial charge in [0.05, 0.1) is 13.7 Å². The molecule has 1 aromatic heterocycles. The maximum atomic E-state index is 11.8. The number of hydrogen-bond donors (Lipinski definition) is 1. The molecule has 5 heteroatoms. The highest BCUT2D eigenvalue weighted by Gasteiger charge is 2.06. The molecule has 0 saturated carbocycles. The Bertz CT molecular complexity index is 650. The summed E-state index contributed by atoms with van der Waals surface area (Å²) in [5, 5.41) is 4.84. The van der Waals surface area contributed by atoms with Gasteiger partial charge in [-0.25, -0.2) is 0 Å². The van der Waals surface area contributed by atoms with Gasteiger partial charge in [0.25, 0.3) is 0 Å². The predicted octanol–water partition coefficient (Wildman–Crippen LogP) is 3.88. The number of ether oxygens (including phenoxy) is 2. The van der Waals surface area contributed by atoms with Gasteiger partial charge in [-0.15, -0.1) is 11.3 Å². The highest BCUT2D eigenvalue weighted by Crippen LogP contribution is 2.28. The quantitative estimate of drug-likeness (QED) is 0.747. The van der Waals surface area contributed by atoms with Crippen molar-refractivity contribution in [2.24, 2.45) is 0 Å². The number of hydrogen-bond acceptors (Lipinski definition) is 4. The first kappa shape index (κ1) is 17.1. The summed E-state index contributed by atoms with van der Waals surface area (Å²) < 4.78 is 11.0. The summed E-state index contributed by atoms with van der Waals surface area (Å²) in [4.78, 5) is 12.9. The minimum atomic E-state index is -0.122. The summed E-state index contributed by atoms with van der Waals surface area (Å²) >= 11 is 1.60. The van der Waals surface area contributed by atoms with E-state index in [1.807, 2.05) is 41.8 Å². The van der Waals surface area contributed by atoms with E-state index in [1.54, 1.807) is 24.5 Å². The van der Waals surface area contributed by atoms with Crippen molar-refractivity contribution in [2.45, 2.75) is 19.9 Å². The maximum absolute atomic E-state index is 11.8. The zero-order valence-electron chi connectivity index (χ0n) is 13.4. The molecule has 0 radical (unpaired) electrons. The first-order chi connectivity index (χ1) is 11.2. The van der Waals surface area contributed by atoms with Crippen LogP contribution in [-0.2, 0) is 11.3 Å². The molecule has 23 heavy (non-hydrogen) atoms. The zero-order valence-corrected chi connectivity index (χ0v) is 14.2. The molecule has 0 aliphatic rings. The van der Waals surface area contributed by atoms with Crippen LogP contribution in [0.15, 0.2) is 41.8 Å². The molecule has 122 valence electrons. The molecule has 0 aliphatic carbocycles. The third-order valence-corrected chi connectivity index (χ3v) is 3.94. The SMILES string of the molecule is CCCOc1ccc(CNC(=O)/C=C/c2cccs2)cc1OC. The summed E-state index contributed by atoms with van der Waals surface area (Å²) in [6.07, 6.45) is 4.29. The van der Waals surface area contributed by atoms with Crippen LogP contribution in [0.3, 0.4) is 0 Å². The van der Waals surface area contributed by atoms with Crippen LogP contribution in [-0.4, -0.2) is 19.6 Å². The molecule has 0 atom stereocenters. The average molecular weight is 331 g/mol. The van der Waals surface area contributed by atoms with Crippen molar-refractivity contribution in [3.8, 4) is 11.5 Å². The van der Waals surface area contributed by atoms with E-state index in [0.717, 1.165) is 22.6 Å². The van der Waals surface area contributed by atoms with Gasteiger partial charge in [-0.3, -0.25) is 4.79 Å². The summed E-state index contributed by atoms with van der Waals surface area (Å²) in [5.41, 5.74) is 0.962. The molecule has 2 rings (SSSR count). The lowest BCUT2D eigenvalue weighted by Gasteiger charge is -2.11. The van der Waals surface area contributed by atoms with Gasteiger partial charge in [0.15, 0.2) is 11.5 Å². The van der Waals surface area contributed by atoms with Gasteiger partial charge in [-0.2, -0.15) is 0 Å². The molecule has 1 aromatic carbocycles. The number of carbonyl (C=O) groups excluding carboxylic acids is 1. The number of amides is 1. The molecule has 2 aromatic rings. The Kier molecular flexibility index (Phi) is 6.69. The Morgan fingerprint density at radius 2 is 2.17 bits per heavy atom. The van der Waals surface area contributed by atoms with Crippen LogP contribution in [0, 0.1) is 0 Å². The lowest BCUT2D eigenvalue weighted by atomic mass is 10.2. The Balaban J connectivity index is 1.91. The third-order valence-electron chi connectivity index (χ3n) is 3.10. The highest BCUT2D eigenvalue weighted by atomic mass is 32.1. The second kappa shape index (κ2) is 9.00. The number of carbonyl (C=O) groups is 1. The van der Waals surface area contributed by atoms with Gasteiger partial charge in [0.1, 0.15) is 0 Å². The minimum absolute atomic E-state index is 0.122. The number of benzene rings is 1. The first-order valence-electron chi connectivity index (χ1n) is 7.52. The molecular formula is C18H21NO3S. The highest BCUT2D eigenvalue weighted by molar-refractivity contribution is 7.10. The largest absolute Gasteiger partial charge is 0.493 e. The third kappa shape index (κ3) is 5.45. The monoisotopic (exact) mass is 331 g/mol. The van der Waals surface area contributed by atoms with Crippen molar-refractivity contribution in [1.82, 2.24) is 5.32 Å². The number of rotatable bonds is 8. The van der Waals surface area contributed by atoms with E-state index in [0.29, 0.717) is 18.9 Å². The molecular weight excluding hydrogens is 310 g/mol. The van der Waals surface area contributed by atoms with Gasteiger partial charge in [-0.1, -0.05) is 19.1 Å². The minimum Gasteiger partial charge on any atom is -0.493 e. The number of nitrogens with one attached hydrogen (secondary N) is 1. The van der Waals surface area contributed by atoms with E-state index in [1.165, 1.54) is 0 Å². The van der Waals surface area contributed by atoms with E-state index in [-0.39, 0.29) is 5.91 Å². The van der Waals surface area contributed by atoms with Crippen molar-refractivity contribution in [2.75, 3.05) is 13.7 Å². The van der Waals surface area contributed by atoms with Crippen LogP contribution < -0.4 is 14.8 Å². The topological polar surface area (TPSA) is 47.6 Å². The summed E-state index contributed by atoms with van der Waals surface area (Å²) in [7, 11) is 1.61. The molecule has 0 fully saturated rings. The normalized spacial score (nSPS) is 10.7. The molecule has 0 aliphatic heterocycles. The second-order valence-corrected chi connectivity index (χ2v) is 5.88. The van der Waals surface area contributed by atoms with Gasteiger partial charge < -0.3 is 14.8 Å². The summed E-state index contributed by atoms with van der Waals surface area (Å²) in [6, 6.07) is 9.60. The molecule has 0 bridgehead atoms. The lowest BCUT2D eigenvalue weighted by Crippen LogP contribution is -2.20. The fourth-order valence-corrected chi connectivity index (χ4v) is 2.56. The smallest absolute Gasteiger partial charge is 0.244 e. The van der Waals surface area contributed by atoms with Crippen LogP contribution in [0.5, 0.6) is 11.5 Å². The maximum Gasteiger partial charge on any atom is 0.244 e. The molecule has 1 N–H and O–H groups in total. The van der Waals surface area contributed by atoms with Crippen LogP contribution >= 0.6 is 11.3 Å². The Hall–Kier alpha value is -2.27. The van der Waals surface area contributed by atoms with Gasteiger partial charge in [-0.05, 0) is 41.6 Å². The second-order valence-electron chi connectivity index (χ2n) is 4.90. The molecule has 1 amide bonds. The van der Waals surface area contributed by atoms with E-state index < -0.39 is 0 Å². The molecule has 0 spiro atoms. The van der Waals surface area contributed by atoms with Crippen LogP contribution in [0.1, 0.15) is 23.8 Å². The Labute approximate surface area is 140 Å². The van der Waals surface area contributed by atoms with Crippen molar-refractivity contribution >= 4 is 23.3 Å². The first-order valence-corrected chi connectivity index (χ1v) is 8.40. The number of methoxy groups -OCH3 is 1. The average Bonchev–Trinajstić information content (AvgIpc) is 3.10. The van der Waals surface area contributed by atoms with Crippen molar-refractivity contribution in [3.05, 3.63) is 52.2 Å². The lowest BCUT2D eigenvalue weighted by molar-refractivity contribution is -0.116. The van der Waals surface area contributed by atoms with E-state index in [4.69, 9.17) is 9.47 Å². The summed E-state index contributed by atoms with van der Waals surface area (Å²) in [6.45, 7) is 3.15.